The molecule has 0 amide bonds. The largest absolute Gasteiger partial charge is 0.433 e. The number of aliphatic hydroxyl groups excluding tert-OH is 2. The Morgan fingerprint density at radius 1 is 1.14 bits per heavy atom. The minimum atomic E-state index is -4.48. The lowest BCUT2D eigenvalue weighted by Gasteiger charge is -2.16. The van der Waals surface area contributed by atoms with Crippen molar-refractivity contribution in [3.05, 3.63) is 42.2 Å². The van der Waals surface area contributed by atoms with Crippen LogP contribution in [0.4, 0.5) is 13.2 Å². The van der Waals surface area contributed by atoms with Gasteiger partial charge in [0.15, 0.2) is 11.9 Å². The summed E-state index contributed by atoms with van der Waals surface area (Å²) in [4.78, 5) is 16.1. The van der Waals surface area contributed by atoms with Gasteiger partial charge in [0.25, 0.3) is 0 Å². The molecule has 4 rings (SSSR count). The van der Waals surface area contributed by atoms with Crippen molar-refractivity contribution in [2.45, 2.75) is 48.4 Å². The fourth-order valence-electron chi connectivity index (χ4n) is 3.01. The number of aromatic nitrogens is 5. The highest BCUT2D eigenvalue weighted by molar-refractivity contribution is 7.98. The average Bonchev–Trinajstić information content (AvgIpc) is 3.23. The molecule has 1 aliphatic heterocycles. The summed E-state index contributed by atoms with van der Waals surface area (Å²) in [5, 5.41) is 20.6. The van der Waals surface area contributed by atoms with E-state index in [0.717, 1.165) is 6.07 Å². The Morgan fingerprint density at radius 2 is 1.93 bits per heavy atom. The van der Waals surface area contributed by atoms with Crippen molar-refractivity contribution in [1.82, 2.24) is 24.5 Å². The predicted molar refractivity (Wildman–Crippen MR) is 95.7 cm³/mol. The number of nitrogens with zero attached hydrogens (tertiary/aromatic N) is 5. The number of fused-ring (bicyclic) bond motifs is 1. The second-order valence-corrected chi connectivity index (χ2v) is 7.52. The van der Waals surface area contributed by atoms with Crippen LogP contribution >= 0.6 is 11.8 Å². The molecule has 4 heterocycles. The van der Waals surface area contributed by atoms with Crippen LogP contribution in [0.25, 0.3) is 11.2 Å². The number of rotatable bonds is 4. The van der Waals surface area contributed by atoms with Crippen LogP contribution in [-0.2, 0) is 16.7 Å². The third kappa shape index (κ3) is 3.80. The third-order valence-electron chi connectivity index (χ3n) is 4.57. The van der Waals surface area contributed by atoms with Gasteiger partial charge in [-0.05, 0) is 18.6 Å². The first kappa shape index (κ1) is 20.0. The Hall–Kier alpha value is -2.28. The molecule has 1 fully saturated rings. The molecule has 0 unspecified atom stereocenters. The van der Waals surface area contributed by atoms with E-state index in [2.05, 4.69) is 19.9 Å². The zero-order valence-electron chi connectivity index (χ0n) is 15.0. The number of hydrogen-bond acceptors (Lipinski definition) is 8. The zero-order valence-corrected chi connectivity index (χ0v) is 15.8. The molecule has 2 N–H and O–H groups in total. The zero-order chi connectivity index (χ0) is 20.8. The molecule has 154 valence electrons. The standard InChI is InChI=1S/C17H16F3N5O3S/c1-8-12(26)13(27)16(28-8)25-7-24-11-14(25)22-6-23-15(11)29-5-9-2-3-10(21-4-9)17(18,19)20/h2-4,6-8,12-13,16,26-27H,5H2,1H3/t8-,12-,13-,16-/m1/s1. The number of alkyl halides is 3. The number of halogens is 3. The minimum absolute atomic E-state index is 0.336. The number of aliphatic hydroxyl groups is 2. The maximum Gasteiger partial charge on any atom is 0.433 e. The van der Waals surface area contributed by atoms with Gasteiger partial charge in [0, 0.05) is 11.9 Å². The van der Waals surface area contributed by atoms with E-state index in [-0.39, 0.29) is 0 Å². The summed E-state index contributed by atoms with van der Waals surface area (Å²) in [5.41, 5.74) is 0.530. The van der Waals surface area contributed by atoms with Gasteiger partial charge in [-0.1, -0.05) is 17.8 Å². The van der Waals surface area contributed by atoms with Gasteiger partial charge < -0.3 is 14.9 Å². The van der Waals surface area contributed by atoms with Crippen molar-refractivity contribution < 1.29 is 28.1 Å². The fraction of sp³-hybridized carbons (Fsp3) is 0.412. The quantitative estimate of drug-likeness (QED) is 0.482. The highest BCUT2D eigenvalue weighted by Gasteiger charge is 2.42. The smallest absolute Gasteiger partial charge is 0.388 e. The molecule has 0 saturated carbocycles. The van der Waals surface area contributed by atoms with Gasteiger partial charge >= 0.3 is 6.18 Å². The van der Waals surface area contributed by atoms with Crippen LogP contribution in [0.1, 0.15) is 24.4 Å². The molecule has 29 heavy (non-hydrogen) atoms. The second-order valence-electron chi connectivity index (χ2n) is 6.55. The van der Waals surface area contributed by atoms with E-state index in [4.69, 9.17) is 4.74 Å². The topological polar surface area (TPSA) is 106 Å². The number of ether oxygens (including phenoxy) is 1. The van der Waals surface area contributed by atoms with Gasteiger partial charge in [0.2, 0.25) is 0 Å². The maximum absolute atomic E-state index is 12.6. The summed E-state index contributed by atoms with van der Waals surface area (Å²) in [6, 6.07) is 2.30. The SMILES string of the molecule is C[C@H]1O[C@@H](n2cnc3c(SCc4ccc(C(F)(F)F)nc4)ncnc32)[C@H](O)[C@@H]1O. The van der Waals surface area contributed by atoms with Gasteiger partial charge in [0.05, 0.1) is 12.4 Å². The lowest BCUT2D eigenvalue weighted by molar-refractivity contribution is -0.141. The second kappa shape index (κ2) is 7.52. The summed E-state index contributed by atoms with van der Waals surface area (Å²) in [6.45, 7) is 1.65. The Morgan fingerprint density at radius 3 is 2.55 bits per heavy atom. The predicted octanol–water partition coefficient (Wildman–Crippen LogP) is 2.17. The lowest BCUT2D eigenvalue weighted by Crippen LogP contribution is -2.30. The summed E-state index contributed by atoms with van der Waals surface area (Å²) in [6.07, 6.45) is -4.07. The average molecular weight is 427 g/mol. The lowest BCUT2D eigenvalue weighted by atomic mass is 10.1. The van der Waals surface area contributed by atoms with E-state index in [1.165, 1.54) is 41.2 Å². The highest BCUT2D eigenvalue weighted by Crippen LogP contribution is 2.33. The van der Waals surface area contributed by atoms with Crippen LogP contribution in [0, 0.1) is 0 Å². The van der Waals surface area contributed by atoms with Crippen LogP contribution < -0.4 is 0 Å². The number of pyridine rings is 1. The normalized spacial score (nSPS) is 25.0. The van der Waals surface area contributed by atoms with E-state index < -0.39 is 36.4 Å². The first-order valence-corrected chi connectivity index (χ1v) is 9.58. The van der Waals surface area contributed by atoms with Crippen molar-refractivity contribution >= 4 is 22.9 Å². The molecular formula is C17H16F3N5O3S. The highest BCUT2D eigenvalue weighted by atomic mass is 32.2. The van der Waals surface area contributed by atoms with Gasteiger partial charge in [-0.3, -0.25) is 9.55 Å². The van der Waals surface area contributed by atoms with E-state index in [1.54, 1.807) is 6.92 Å². The molecule has 0 aromatic carbocycles. The van der Waals surface area contributed by atoms with Crippen LogP contribution in [0.3, 0.4) is 0 Å². The Bertz CT molecular complexity index is 1010. The monoisotopic (exact) mass is 427 g/mol. The molecule has 12 heteroatoms. The van der Waals surface area contributed by atoms with Gasteiger partial charge in [-0.25, -0.2) is 15.0 Å². The summed E-state index contributed by atoms with van der Waals surface area (Å²) < 4.78 is 45.0. The Kier molecular flexibility index (Phi) is 5.19. The molecule has 0 bridgehead atoms. The van der Waals surface area contributed by atoms with Gasteiger partial charge in [0.1, 0.15) is 34.8 Å². The minimum Gasteiger partial charge on any atom is -0.388 e. The van der Waals surface area contributed by atoms with Gasteiger partial charge in [-0.2, -0.15) is 13.2 Å². The van der Waals surface area contributed by atoms with E-state index >= 15 is 0 Å². The molecule has 3 aromatic rings. The molecule has 1 aliphatic rings. The van der Waals surface area contributed by atoms with E-state index in [1.807, 2.05) is 0 Å². The Labute approximate surface area is 166 Å². The van der Waals surface area contributed by atoms with Crippen LogP contribution in [-0.4, -0.2) is 53.0 Å². The molecule has 1 saturated heterocycles. The van der Waals surface area contributed by atoms with Crippen LogP contribution in [0.15, 0.2) is 36.0 Å². The molecular weight excluding hydrogens is 411 g/mol. The maximum atomic E-state index is 12.6. The van der Waals surface area contributed by atoms with Crippen molar-refractivity contribution in [3.63, 3.8) is 0 Å². The summed E-state index contributed by atoms with van der Waals surface area (Å²) in [5.74, 6) is 0.336. The van der Waals surface area contributed by atoms with E-state index in [9.17, 15) is 23.4 Å². The van der Waals surface area contributed by atoms with Gasteiger partial charge in [-0.15, -0.1) is 0 Å². The van der Waals surface area contributed by atoms with Crippen molar-refractivity contribution in [3.8, 4) is 0 Å². The fourth-order valence-corrected chi connectivity index (χ4v) is 3.89. The van der Waals surface area contributed by atoms with Crippen molar-refractivity contribution in [2.24, 2.45) is 0 Å². The Balaban J connectivity index is 1.54. The number of thioether (sulfide) groups is 1. The van der Waals surface area contributed by atoms with Crippen LogP contribution in [0.2, 0.25) is 0 Å². The molecule has 0 aliphatic carbocycles. The molecule has 0 spiro atoms. The first-order valence-electron chi connectivity index (χ1n) is 8.60. The van der Waals surface area contributed by atoms with Crippen molar-refractivity contribution in [1.29, 1.82) is 0 Å². The molecule has 4 atom stereocenters. The van der Waals surface area contributed by atoms with E-state index in [0.29, 0.717) is 27.5 Å². The number of imidazole rings is 1. The molecule has 0 radical (unpaired) electrons. The molecule has 8 nitrogen and oxygen atoms in total. The van der Waals surface area contributed by atoms with Crippen LogP contribution in [0.5, 0.6) is 0 Å². The third-order valence-corrected chi connectivity index (χ3v) is 5.62. The molecule has 3 aromatic heterocycles. The summed E-state index contributed by atoms with van der Waals surface area (Å²) >= 11 is 1.27. The first-order chi connectivity index (χ1) is 13.8. The summed E-state index contributed by atoms with van der Waals surface area (Å²) in [7, 11) is 0. The number of hydrogen-bond donors (Lipinski definition) is 2. The van der Waals surface area contributed by atoms with Crippen molar-refractivity contribution in [2.75, 3.05) is 0 Å².